The van der Waals surface area contributed by atoms with Gasteiger partial charge in [0.1, 0.15) is 6.42 Å². The molecule has 0 fully saturated rings. The molecule has 1 aromatic carbocycles. The minimum atomic E-state index is -4.55. The molecule has 0 spiro atoms. The number of nitrogens with one attached hydrogen (secondary N) is 1. The number of nitriles is 1. The molecular formula is C12H11F3N2OS. The van der Waals surface area contributed by atoms with Crippen LogP contribution in [0.4, 0.5) is 18.9 Å². The largest absolute Gasteiger partial charge is 0.418 e. The molecule has 0 aliphatic rings. The third-order valence-electron chi connectivity index (χ3n) is 2.26. The molecule has 1 rings (SSSR count). The van der Waals surface area contributed by atoms with Gasteiger partial charge in [-0.1, -0.05) is 12.1 Å². The topological polar surface area (TPSA) is 52.9 Å². The predicted molar refractivity (Wildman–Crippen MR) is 67.5 cm³/mol. The van der Waals surface area contributed by atoms with Crippen molar-refractivity contribution in [1.82, 2.24) is 0 Å². The molecule has 7 heteroatoms. The van der Waals surface area contributed by atoms with E-state index >= 15 is 0 Å². The van der Waals surface area contributed by atoms with Gasteiger partial charge in [0.2, 0.25) is 5.91 Å². The van der Waals surface area contributed by atoms with Crippen LogP contribution in [-0.4, -0.2) is 12.2 Å². The number of carbonyl (C=O) groups is 1. The maximum absolute atomic E-state index is 12.9. The lowest BCUT2D eigenvalue weighted by Gasteiger charge is -2.16. The molecule has 0 heterocycles. The fraction of sp³-hybridized carbons (Fsp3) is 0.333. The first-order chi connectivity index (χ1) is 8.90. The molecule has 0 unspecified atom stereocenters. The molecule has 0 aliphatic carbocycles. The van der Waals surface area contributed by atoms with E-state index in [1.807, 2.05) is 0 Å². The Bertz CT molecular complexity index is 509. The fourth-order valence-corrected chi connectivity index (χ4v) is 2.07. The molecule has 19 heavy (non-hydrogen) atoms. The third kappa shape index (κ3) is 4.17. The van der Waals surface area contributed by atoms with Crippen LogP contribution in [0.15, 0.2) is 18.2 Å². The Morgan fingerprint density at radius 3 is 2.68 bits per heavy atom. The van der Waals surface area contributed by atoms with Crippen molar-refractivity contribution in [3.05, 3.63) is 29.3 Å². The van der Waals surface area contributed by atoms with Crippen molar-refractivity contribution in [3.63, 3.8) is 0 Å². The highest BCUT2D eigenvalue weighted by atomic mass is 32.2. The van der Waals surface area contributed by atoms with E-state index in [0.29, 0.717) is 11.3 Å². The van der Waals surface area contributed by atoms with E-state index in [0.717, 1.165) is 6.07 Å². The van der Waals surface area contributed by atoms with E-state index in [9.17, 15) is 18.0 Å². The maximum Gasteiger partial charge on any atom is 0.418 e. The van der Waals surface area contributed by atoms with Crippen molar-refractivity contribution in [1.29, 1.82) is 5.26 Å². The second-order valence-electron chi connectivity index (χ2n) is 3.65. The van der Waals surface area contributed by atoms with Crippen LogP contribution in [0, 0.1) is 11.3 Å². The van der Waals surface area contributed by atoms with Crippen LogP contribution < -0.4 is 5.32 Å². The van der Waals surface area contributed by atoms with Crippen LogP contribution in [0.1, 0.15) is 17.5 Å². The number of hydrogen-bond acceptors (Lipinski definition) is 3. The monoisotopic (exact) mass is 288 g/mol. The molecule has 1 N–H and O–H groups in total. The van der Waals surface area contributed by atoms with Crippen LogP contribution >= 0.6 is 11.8 Å². The normalized spacial score (nSPS) is 10.9. The summed E-state index contributed by atoms with van der Waals surface area (Å²) in [6.07, 6.45) is -3.28. The molecule has 0 bridgehead atoms. The second kappa shape index (κ2) is 6.48. The average Bonchev–Trinajstić information content (AvgIpc) is 2.30. The quantitative estimate of drug-likeness (QED) is 0.923. The van der Waals surface area contributed by atoms with Gasteiger partial charge in [0.25, 0.3) is 0 Å². The van der Waals surface area contributed by atoms with Crippen molar-refractivity contribution in [3.8, 4) is 6.07 Å². The Morgan fingerprint density at radius 1 is 1.47 bits per heavy atom. The smallest absolute Gasteiger partial charge is 0.324 e. The van der Waals surface area contributed by atoms with Crippen molar-refractivity contribution in [2.75, 3.05) is 11.6 Å². The van der Waals surface area contributed by atoms with Crippen molar-refractivity contribution >= 4 is 23.4 Å². The van der Waals surface area contributed by atoms with Gasteiger partial charge in [-0.3, -0.25) is 4.79 Å². The highest BCUT2D eigenvalue weighted by Gasteiger charge is 2.34. The van der Waals surface area contributed by atoms with Crippen LogP contribution in [0.5, 0.6) is 0 Å². The third-order valence-corrected chi connectivity index (χ3v) is 2.86. The van der Waals surface area contributed by atoms with E-state index in [1.54, 1.807) is 12.3 Å². The minimum Gasteiger partial charge on any atom is -0.324 e. The first kappa shape index (κ1) is 15.4. The Labute approximate surface area is 112 Å². The summed E-state index contributed by atoms with van der Waals surface area (Å²) >= 11 is 1.35. The number of carbonyl (C=O) groups excluding carboxylic acids is 1. The van der Waals surface area contributed by atoms with Gasteiger partial charge in [-0.25, -0.2) is 0 Å². The van der Waals surface area contributed by atoms with Gasteiger partial charge in [0.05, 0.1) is 17.3 Å². The van der Waals surface area contributed by atoms with Gasteiger partial charge in [0.15, 0.2) is 0 Å². The summed E-state index contributed by atoms with van der Waals surface area (Å²) in [6, 6.07) is 5.33. The molecule has 102 valence electrons. The molecule has 1 aromatic rings. The number of rotatable bonds is 4. The lowest BCUT2D eigenvalue weighted by Crippen LogP contribution is -2.17. The zero-order valence-corrected chi connectivity index (χ0v) is 10.9. The minimum absolute atomic E-state index is 0.260. The number of thioether (sulfide) groups is 1. The van der Waals surface area contributed by atoms with Crippen LogP contribution in [-0.2, 0) is 16.7 Å². The number of halogens is 3. The van der Waals surface area contributed by atoms with Gasteiger partial charge >= 0.3 is 6.18 Å². The molecule has 0 radical (unpaired) electrons. The standard InChI is InChI=1S/C12H11F3N2OS/c1-19-7-8-3-2-4-9(12(13,14)15)11(8)17-10(18)5-6-16/h2-4H,5,7H2,1H3,(H,17,18). The highest BCUT2D eigenvalue weighted by molar-refractivity contribution is 7.97. The highest BCUT2D eigenvalue weighted by Crippen LogP contribution is 2.37. The summed E-state index contributed by atoms with van der Waals surface area (Å²) < 4.78 is 38.6. The van der Waals surface area contributed by atoms with Crippen molar-refractivity contribution in [2.24, 2.45) is 0 Å². The summed E-state index contributed by atoms with van der Waals surface area (Å²) in [6.45, 7) is 0. The van der Waals surface area contributed by atoms with Crippen molar-refractivity contribution < 1.29 is 18.0 Å². The van der Waals surface area contributed by atoms with E-state index in [1.165, 1.54) is 23.9 Å². The summed E-state index contributed by atoms with van der Waals surface area (Å²) in [4.78, 5) is 11.3. The first-order valence-electron chi connectivity index (χ1n) is 5.25. The number of hydrogen-bond donors (Lipinski definition) is 1. The summed E-state index contributed by atoms with van der Waals surface area (Å²) in [5.41, 5.74) is -0.774. The van der Waals surface area contributed by atoms with Gasteiger partial charge < -0.3 is 5.32 Å². The Balaban J connectivity index is 3.22. The molecule has 0 saturated carbocycles. The van der Waals surface area contributed by atoms with E-state index < -0.39 is 24.1 Å². The maximum atomic E-state index is 12.9. The van der Waals surface area contributed by atoms with Gasteiger partial charge in [-0.2, -0.15) is 30.2 Å². The lowest BCUT2D eigenvalue weighted by atomic mass is 10.1. The number of anilines is 1. The van der Waals surface area contributed by atoms with Crippen LogP contribution in [0.3, 0.4) is 0 Å². The van der Waals surface area contributed by atoms with E-state index in [2.05, 4.69) is 5.32 Å². The number of amides is 1. The predicted octanol–water partition coefficient (Wildman–Crippen LogP) is 3.42. The second-order valence-corrected chi connectivity index (χ2v) is 4.52. The number of nitrogens with zero attached hydrogens (tertiary/aromatic N) is 1. The summed E-state index contributed by atoms with van der Waals surface area (Å²) in [7, 11) is 0. The first-order valence-corrected chi connectivity index (χ1v) is 6.64. The molecule has 1 amide bonds. The van der Waals surface area contributed by atoms with Gasteiger partial charge in [0, 0.05) is 5.75 Å². The van der Waals surface area contributed by atoms with Crippen molar-refractivity contribution in [2.45, 2.75) is 18.3 Å². The summed E-state index contributed by atoms with van der Waals surface area (Å²) in [5.74, 6) is -0.409. The molecule has 0 aromatic heterocycles. The van der Waals surface area contributed by atoms with Crippen LogP contribution in [0.25, 0.3) is 0 Å². The van der Waals surface area contributed by atoms with Crippen LogP contribution in [0.2, 0.25) is 0 Å². The van der Waals surface area contributed by atoms with E-state index in [4.69, 9.17) is 5.26 Å². The molecule has 0 aliphatic heterocycles. The van der Waals surface area contributed by atoms with Gasteiger partial charge in [-0.05, 0) is 17.9 Å². The zero-order chi connectivity index (χ0) is 14.5. The fourth-order valence-electron chi connectivity index (χ4n) is 1.52. The van der Waals surface area contributed by atoms with E-state index in [-0.39, 0.29) is 5.69 Å². The van der Waals surface area contributed by atoms with Gasteiger partial charge in [-0.15, -0.1) is 0 Å². The summed E-state index contributed by atoms with van der Waals surface area (Å²) in [5, 5.41) is 10.6. The number of benzene rings is 1. The lowest BCUT2D eigenvalue weighted by molar-refractivity contribution is -0.137. The number of alkyl halides is 3. The zero-order valence-electron chi connectivity index (χ0n) is 10.0. The molecule has 0 saturated heterocycles. The SMILES string of the molecule is CSCc1cccc(C(F)(F)F)c1NC(=O)CC#N. The number of para-hydroxylation sites is 1. The molecule has 3 nitrogen and oxygen atoms in total. The molecular weight excluding hydrogens is 277 g/mol. The Morgan fingerprint density at radius 2 is 2.16 bits per heavy atom. The Hall–Kier alpha value is -1.68. The Kier molecular flexibility index (Phi) is 5.24. The average molecular weight is 288 g/mol. The molecule has 0 atom stereocenters.